The van der Waals surface area contributed by atoms with Gasteiger partial charge >= 0.3 is 35.8 Å². The van der Waals surface area contributed by atoms with Gasteiger partial charge in [-0.2, -0.15) is 0 Å². The van der Waals surface area contributed by atoms with E-state index in [2.05, 4.69) is 14.7 Å². The summed E-state index contributed by atoms with van der Waals surface area (Å²) in [6.45, 7) is 0. The molecule has 2 aliphatic rings. The van der Waals surface area contributed by atoms with Crippen LogP contribution in [0.3, 0.4) is 0 Å². The maximum atomic E-state index is 13.1. The van der Waals surface area contributed by atoms with Gasteiger partial charge in [-0.3, -0.25) is 0 Å². The van der Waals surface area contributed by atoms with Gasteiger partial charge in [0.25, 0.3) is 0 Å². The topological polar surface area (TPSA) is 165 Å². The zero-order chi connectivity index (χ0) is 28.0. The molecule has 40 heavy (non-hydrogen) atoms. The van der Waals surface area contributed by atoms with Gasteiger partial charge in [-0.1, -0.05) is 0 Å². The Balaban J connectivity index is 1.22. The van der Waals surface area contributed by atoms with Gasteiger partial charge in [0.2, 0.25) is 0 Å². The fraction of sp³-hybridized carbons (Fsp3) is 0. The third kappa shape index (κ3) is 4.15. The molecule has 3 heterocycles. The van der Waals surface area contributed by atoms with Gasteiger partial charge in [0.05, 0.1) is 33.4 Å². The standard InChI is InChI=1S/C28H12N2O10/c31-23(13-2-7-16-19(12-13)27(35)39-24(16)32)37-14-3-5-15(6-4-14)38-25(33)17-8-9-18-21(28(36)40-26(18)34)20(17)22-29-10-1-11-30-22/h1-12H. The van der Waals surface area contributed by atoms with E-state index in [-0.39, 0.29) is 56.3 Å². The number of hydrogen-bond donors (Lipinski definition) is 0. The number of fused-ring (bicyclic) bond motifs is 2. The second kappa shape index (κ2) is 9.36. The molecule has 6 rings (SSSR count). The van der Waals surface area contributed by atoms with Crippen LogP contribution in [0.4, 0.5) is 0 Å². The van der Waals surface area contributed by atoms with Crippen LogP contribution < -0.4 is 9.47 Å². The molecule has 0 spiro atoms. The Bertz CT molecular complexity index is 1800. The van der Waals surface area contributed by atoms with Gasteiger partial charge in [-0.05, 0) is 60.7 Å². The van der Waals surface area contributed by atoms with E-state index < -0.39 is 35.8 Å². The fourth-order valence-corrected chi connectivity index (χ4v) is 4.12. The van der Waals surface area contributed by atoms with Crippen molar-refractivity contribution in [1.82, 2.24) is 9.97 Å². The number of carbonyl (C=O) groups excluding carboxylic acids is 6. The molecule has 0 bridgehead atoms. The molecule has 0 fully saturated rings. The Morgan fingerprint density at radius 1 is 0.600 bits per heavy atom. The summed E-state index contributed by atoms with van der Waals surface area (Å²) >= 11 is 0. The average molecular weight is 536 g/mol. The molecular weight excluding hydrogens is 524 g/mol. The van der Waals surface area contributed by atoms with E-state index in [9.17, 15) is 28.8 Å². The molecular formula is C28H12N2O10. The van der Waals surface area contributed by atoms with Crippen molar-refractivity contribution in [3.05, 3.63) is 106 Å². The molecule has 2 aliphatic heterocycles. The van der Waals surface area contributed by atoms with Crippen LogP contribution in [-0.2, 0) is 9.47 Å². The predicted octanol–water partition coefficient (Wildman–Crippen LogP) is 3.20. The summed E-state index contributed by atoms with van der Waals surface area (Å²) in [5.41, 5.74) is -0.220. The number of aromatic nitrogens is 2. The molecule has 0 unspecified atom stereocenters. The van der Waals surface area contributed by atoms with E-state index >= 15 is 0 Å². The lowest BCUT2D eigenvalue weighted by atomic mass is 9.96. The van der Waals surface area contributed by atoms with Gasteiger partial charge in [-0.15, -0.1) is 0 Å². The van der Waals surface area contributed by atoms with Crippen LogP contribution in [0.2, 0.25) is 0 Å². The molecule has 0 N–H and O–H groups in total. The third-order valence-electron chi connectivity index (χ3n) is 5.95. The minimum absolute atomic E-state index is 0.00979. The minimum atomic E-state index is -0.935. The second-order valence-corrected chi connectivity index (χ2v) is 8.35. The molecule has 0 aliphatic carbocycles. The summed E-state index contributed by atoms with van der Waals surface area (Å²) in [4.78, 5) is 81.6. The molecule has 194 valence electrons. The summed E-state index contributed by atoms with van der Waals surface area (Å²) in [6, 6.07) is 13.4. The number of ether oxygens (including phenoxy) is 4. The van der Waals surface area contributed by atoms with Gasteiger partial charge in [0.1, 0.15) is 11.5 Å². The van der Waals surface area contributed by atoms with Gasteiger partial charge in [0.15, 0.2) is 5.82 Å². The molecule has 0 amide bonds. The molecule has 1 aromatic heterocycles. The van der Waals surface area contributed by atoms with E-state index in [1.807, 2.05) is 0 Å². The van der Waals surface area contributed by atoms with Crippen LogP contribution in [0.1, 0.15) is 62.1 Å². The number of hydrogen-bond acceptors (Lipinski definition) is 12. The number of cyclic esters (lactones) is 4. The SMILES string of the molecule is O=C(Oc1ccc(OC(=O)c2ccc3c(c2-c2ncccn2)C(=O)OC3=O)cc1)c1ccc2c(c1)C(=O)OC2=O. The maximum absolute atomic E-state index is 13.1. The van der Waals surface area contributed by atoms with E-state index in [1.165, 1.54) is 67.0 Å². The maximum Gasteiger partial charge on any atom is 0.347 e. The highest BCUT2D eigenvalue weighted by atomic mass is 16.6. The highest BCUT2D eigenvalue weighted by Gasteiger charge is 2.36. The summed E-state index contributed by atoms with van der Waals surface area (Å²) in [7, 11) is 0. The summed E-state index contributed by atoms with van der Waals surface area (Å²) in [6.07, 6.45) is 2.82. The van der Waals surface area contributed by atoms with E-state index in [0.29, 0.717) is 0 Å². The van der Waals surface area contributed by atoms with Crippen LogP contribution in [0.5, 0.6) is 11.5 Å². The number of rotatable bonds is 5. The van der Waals surface area contributed by atoms with Crippen LogP contribution in [0.15, 0.2) is 73.1 Å². The highest BCUT2D eigenvalue weighted by Crippen LogP contribution is 2.33. The van der Waals surface area contributed by atoms with Gasteiger partial charge < -0.3 is 18.9 Å². The molecule has 0 saturated carbocycles. The molecule has 0 saturated heterocycles. The monoisotopic (exact) mass is 536 g/mol. The Hall–Kier alpha value is -6.04. The minimum Gasteiger partial charge on any atom is -0.423 e. The van der Waals surface area contributed by atoms with Crippen LogP contribution >= 0.6 is 0 Å². The van der Waals surface area contributed by atoms with Crippen LogP contribution in [0.25, 0.3) is 11.4 Å². The van der Waals surface area contributed by atoms with E-state index in [0.717, 1.165) is 0 Å². The Morgan fingerprint density at radius 2 is 1.18 bits per heavy atom. The zero-order valence-electron chi connectivity index (χ0n) is 19.9. The Labute approximate surface area is 223 Å². The lowest BCUT2D eigenvalue weighted by Crippen LogP contribution is -2.13. The first-order valence-electron chi connectivity index (χ1n) is 11.5. The summed E-state index contributed by atoms with van der Waals surface area (Å²) in [5, 5.41) is 0. The highest BCUT2D eigenvalue weighted by molar-refractivity contribution is 6.20. The first kappa shape index (κ1) is 24.3. The number of carbonyl (C=O) groups is 6. The van der Waals surface area contributed by atoms with Crippen molar-refractivity contribution in [2.75, 3.05) is 0 Å². The quantitative estimate of drug-likeness (QED) is 0.208. The lowest BCUT2D eigenvalue weighted by molar-refractivity contribution is 0.0425. The molecule has 4 aromatic rings. The number of nitrogens with zero attached hydrogens (tertiary/aromatic N) is 2. The normalized spacial score (nSPS) is 13.3. The van der Waals surface area contributed by atoms with E-state index in [4.69, 9.17) is 14.2 Å². The first-order valence-corrected chi connectivity index (χ1v) is 11.5. The number of benzene rings is 3. The Morgan fingerprint density at radius 3 is 1.88 bits per heavy atom. The molecule has 0 atom stereocenters. The lowest BCUT2D eigenvalue weighted by Gasteiger charge is -2.11. The van der Waals surface area contributed by atoms with Gasteiger partial charge in [-0.25, -0.2) is 38.7 Å². The van der Waals surface area contributed by atoms with Crippen molar-refractivity contribution in [2.45, 2.75) is 0 Å². The van der Waals surface area contributed by atoms with Crippen molar-refractivity contribution in [2.24, 2.45) is 0 Å². The molecule has 3 aromatic carbocycles. The molecule has 0 radical (unpaired) electrons. The molecule has 12 nitrogen and oxygen atoms in total. The summed E-state index contributed by atoms with van der Waals surface area (Å²) in [5.74, 6) is -4.91. The van der Waals surface area contributed by atoms with Crippen LogP contribution in [-0.4, -0.2) is 45.8 Å². The predicted molar refractivity (Wildman–Crippen MR) is 130 cm³/mol. The van der Waals surface area contributed by atoms with Crippen molar-refractivity contribution in [3.63, 3.8) is 0 Å². The van der Waals surface area contributed by atoms with E-state index in [1.54, 1.807) is 6.07 Å². The fourth-order valence-electron chi connectivity index (χ4n) is 4.12. The van der Waals surface area contributed by atoms with Gasteiger partial charge in [0, 0.05) is 18.0 Å². The van der Waals surface area contributed by atoms with Crippen molar-refractivity contribution in [1.29, 1.82) is 0 Å². The van der Waals surface area contributed by atoms with Crippen molar-refractivity contribution >= 4 is 35.8 Å². The van der Waals surface area contributed by atoms with Crippen molar-refractivity contribution in [3.8, 4) is 22.9 Å². The Kier molecular flexibility index (Phi) is 5.69. The zero-order valence-corrected chi connectivity index (χ0v) is 19.9. The summed E-state index contributed by atoms with van der Waals surface area (Å²) < 4.78 is 19.9. The van der Waals surface area contributed by atoms with Crippen LogP contribution in [0, 0.1) is 0 Å². The van der Waals surface area contributed by atoms with Crippen molar-refractivity contribution < 1.29 is 47.7 Å². The second-order valence-electron chi connectivity index (χ2n) is 8.35. The largest absolute Gasteiger partial charge is 0.423 e. The average Bonchev–Trinajstić information content (AvgIpc) is 3.42. The third-order valence-corrected chi connectivity index (χ3v) is 5.95. The number of esters is 6. The molecule has 12 heteroatoms. The first-order chi connectivity index (χ1) is 19.3. The smallest absolute Gasteiger partial charge is 0.347 e.